The van der Waals surface area contributed by atoms with Crippen molar-refractivity contribution in [3.63, 3.8) is 0 Å². The molecule has 1 aliphatic rings. The highest BCUT2D eigenvalue weighted by Gasteiger charge is 2.30. The third-order valence-corrected chi connectivity index (χ3v) is 4.31. The molecule has 0 amide bonds. The van der Waals surface area contributed by atoms with Gasteiger partial charge < -0.3 is 15.0 Å². The van der Waals surface area contributed by atoms with Gasteiger partial charge in [-0.3, -0.25) is 4.68 Å². The van der Waals surface area contributed by atoms with Gasteiger partial charge in [0, 0.05) is 12.5 Å². The van der Waals surface area contributed by atoms with Crippen LogP contribution in [0.2, 0.25) is 0 Å². The lowest BCUT2D eigenvalue weighted by atomic mass is 9.82. The van der Waals surface area contributed by atoms with Gasteiger partial charge in [0.1, 0.15) is 0 Å². The highest BCUT2D eigenvalue weighted by molar-refractivity contribution is 5.30. The summed E-state index contributed by atoms with van der Waals surface area (Å²) < 4.78 is 7.71. The molecule has 2 heterocycles. The van der Waals surface area contributed by atoms with Crippen LogP contribution in [0.3, 0.4) is 0 Å². The second-order valence-electron chi connectivity index (χ2n) is 5.89. The van der Waals surface area contributed by atoms with Gasteiger partial charge in [-0.15, -0.1) is 0 Å². The summed E-state index contributed by atoms with van der Waals surface area (Å²) in [7, 11) is 5.94. The average Bonchev–Trinajstić information content (AvgIpc) is 2.87. The summed E-state index contributed by atoms with van der Waals surface area (Å²) in [5.41, 5.74) is 1.29. The van der Waals surface area contributed by atoms with Crippen LogP contribution in [0.4, 0.5) is 0 Å². The normalized spacial score (nSPS) is 23.2. The first-order valence-corrected chi connectivity index (χ1v) is 7.62. The quantitative estimate of drug-likeness (QED) is 0.858. The molecule has 1 N–H and O–H groups in total. The number of methoxy groups -OCH3 is 1. The van der Waals surface area contributed by atoms with Gasteiger partial charge in [-0.2, -0.15) is 5.10 Å². The van der Waals surface area contributed by atoms with E-state index in [1.165, 1.54) is 18.5 Å². The van der Waals surface area contributed by atoms with E-state index in [9.17, 15) is 0 Å². The summed E-state index contributed by atoms with van der Waals surface area (Å²) >= 11 is 0. The van der Waals surface area contributed by atoms with Crippen LogP contribution in [-0.2, 0) is 6.54 Å². The van der Waals surface area contributed by atoms with E-state index in [1.54, 1.807) is 7.11 Å². The van der Waals surface area contributed by atoms with Crippen LogP contribution in [0.15, 0.2) is 6.20 Å². The Kier molecular flexibility index (Phi) is 5.43. The molecule has 20 heavy (non-hydrogen) atoms. The Labute approximate surface area is 122 Å². The molecule has 1 aromatic rings. The summed E-state index contributed by atoms with van der Waals surface area (Å²) in [5, 5.41) is 8.05. The summed E-state index contributed by atoms with van der Waals surface area (Å²) in [6, 6.07) is 0. The molecule has 1 aromatic heterocycles. The van der Waals surface area contributed by atoms with Gasteiger partial charge in [-0.05, 0) is 39.5 Å². The van der Waals surface area contributed by atoms with Crippen molar-refractivity contribution in [1.29, 1.82) is 0 Å². The zero-order valence-corrected chi connectivity index (χ0v) is 13.2. The zero-order chi connectivity index (χ0) is 14.5. The fourth-order valence-corrected chi connectivity index (χ4v) is 3.09. The molecule has 0 saturated carbocycles. The molecule has 1 fully saturated rings. The van der Waals surface area contributed by atoms with Crippen LogP contribution >= 0.6 is 0 Å². The first kappa shape index (κ1) is 15.3. The molecule has 2 unspecified atom stereocenters. The van der Waals surface area contributed by atoms with Crippen molar-refractivity contribution in [1.82, 2.24) is 20.0 Å². The molecule has 5 nitrogen and oxygen atoms in total. The predicted octanol–water partition coefficient (Wildman–Crippen LogP) is 1.56. The predicted molar refractivity (Wildman–Crippen MR) is 81.3 cm³/mol. The van der Waals surface area contributed by atoms with Crippen LogP contribution in [0.25, 0.3) is 0 Å². The summed E-state index contributed by atoms with van der Waals surface area (Å²) in [6.07, 6.45) is 4.24. The molecule has 1 saturated heterocycles. The number of nitrogens with one attached hydrogen (secondary N) is 1. The van der Waals surface area contributed by atoms with Crippen LogP contribution < -0.4 is 10.1 Å². The van der Waals surface area contributed by atoms with Crippen molar-refractivity contribution in [2.75, 3.05) is 40.8 Å². The first-order valence-electron chi connectivity index (χ1n) is 7.62. The molecular formula is C15H28N4O. The van der Waals surface area contributed by atoms with Crippen LogP contribution in [0.1, 0.15) is 31.4 Å². The van der Waals surface area contributed by atoms with Crippen molar-refractivity contribution >= 4 is 0 Å². The first-order chi connectivity index (χ1) is 9.67. The topological polar surface area (TPSA) is 42.3 Å². The second-order valence-corrected chi connectivity index (χ2v) is 5.89. The molecule has 2 rings (SSSR count). The molecule has 0 aliphatic carbocycles. The average molecular weight is 280 g/mol. The maximum Gasteiger partial charge on any atom is 0.160 e. The number of ether oxygens (including phenoxy) is 1. The summed E-state index contributed by atoms with van der Waals surface area (Å²) in [4.78, 5) is 2.19. The Balaban J connectivity index is 2.24. The second kappa shape index (κ2) is 7.09. The maximum absolute atomic E-state index is 5.56. The van der Waals surface area contributed by atoms with E-state index in [0.717, 1.165) is 31.9 Å². The minimum absolute atomic E-state index is 0.556. The Morgan fingerprint density at radius 3 is 2.95 bits per heavy atom. The fourth-order valence-electron chi connectivity index (χ4n) is 3.09. The lowest BCUT2D eigenvalue weighted by Gasteiger charge is -2.32. The Morgan fingerprint density at radius 2 is 2.30 bits per heavy atom. The standard InChI is InChI=1S/C15H28N4O/c1-5-12-10-16-7-6-13(12)15-14(20-4)11-17-19(15)9-8-18(2)3/h11-13,16H,5-10H2,1-4H3. The minimum Gasteiger partial charge on any atom is -0.493 e. The number of hydrogen-bond donors (Lipinski definition) is 1. The number of rotatable bonds is 6. The fraction of sp³-hybridized carbons (Fsp3) is 0.800. The minimum atomic E-state index is 0.556. The number of likely N-dealkylation sites (N-methyl/N-ethyl adjacent to an activating group) is 1. The summed E-state index contributed by atoms with van der Waals surface area (Å²) in [6.45, 7) is 6.38. The molecule has 1 aliphatic heterocycles. The number of hydrogen-bond acceptors (Lipinski definition) is 4. The molecule has 2 atom stereocenters. The highest BCUT2D eigenvalue weighted by Crippen LogP contribution is 2.37. The lowest BCUT2D eigenvalue weighted by molar-refractivity contribution is 0.287. The van der Waals surface area contributed by atoms with Crippen LogP contribution in [0, 0.1) is 5.92 Å². The smallest absolute Gasteiger partial charge is 0.160 e. The van der Waals surface area contributed by atoms with Gasteiger partial charge in [-0.25, -0.2) is 0 Å². The van der Waals surface area contributed by atoms with E-state index in [2.05, 4.69) is 41.0 Å². The number of aromatic nitrogens is 2. The zero-order valence-electron chi connectivity index (χ0n) is 13.2. The lowest BCUT2D eigenvalue weighted by Crippen LogP contribution is -2.36. The van der Waals surface area contributed by atoms with E-state index in [4.69, 9.17) is 4.74 Å². The monoisotopic (exact) mass is 280 g/mol. The van der Waals surface area contributed by atoms with E-state index in [1.807, 2.05) is 6.20 Å². The van der Waals surface area contributed by atoms with Crippen molar-refractivity contribution in [2.24, 2.45) is 5.92 Å². The molecule has 5 heteroatoms. The molecule has 0 radical (unpaired) electrons. The highest BCUT2D eigenvalue weighted by atomic mass is 16.5. The van der Waals surface area contributed by atoms with Crippen molar-refractivity contribution in [2.45, 2.75) is 32.2 Å². The van der Waals surface area contributed by atoms with E-state index in [0.29, 0.717) is 11.8 Å². The largest absolute Gasteiger partial charge is 0.493 e. The third kappa shape index (κ3) is 3.33. The van der Waals surface area contributed by atoms with Gasteiger partial charge in [0.05, 0.1) is 25.5 Å². The maximum atomic E-state index is 5.56. The molecule has 0 aromatic carbocycles. The Morgan fingerprint density at radius 1 is 1.50 bits per heavy atom. The van der Waals surface area contributed by atoms with Crippen molar-refractivity contribution in [3.8, 4) is 5.75 Å². The molecule has 114 valence electrons. The van der Waals surface area contributed by atoms with Gasteiger partial charge in [0.15, 0.2) is 5.75 Å². The molecule has 0 spiro atoms. The summed E-state index contributed by atoms with van der Waals surface area (Å²) in [5.74, 6) is 2.18. The SMILES string of the molecule is CCC1CNCCC1c1c(OC)cnn1CCN(C)C. The Bertz CT molecular complexity index is 416. The van der Waals surface area contributed by atoms with Crippen molar-refractivity contribution < 1.29 is 4.74 Å². The number of nitrogens with zero attached hydrogens (tertiary/aromatic N) is 3. The van der Waals surface area contributed by atoms with Gasteiger partial charge in [0.25, 0.3) is 0 Å². The van der Waals surface area contributed by atoms with Crippen LogP contribution in [0.5, 0.6) is 5.75 Å². The van der Waals surface area contributed by atoms with E-state index < -0.39 is 0 Å². The van der Waals surface area contributed by atoms with Gasteiger partial charge >= 0.3 is 0 Å². The van der Waals surface area contributed by atoms with E-state index >= 15 is 0 Å². The van der Waals surface area contributed by atoms with Crippen LogP contribution in [-0.4, -0.2) is 55.5 Å². The van der Waals surface area contributed by atoms with E-state index in [-0.39, 0.29) is 0 Å². The molecular weight excluding hydrogens is 252 g/mol. The molecule has 0 bridgehead atoms. The van der Waals surface area contributed by atoms with Crippen molar-refractivity contribution in [3.05, 3.63) is 11.9 Å². The van der Waals surface area contributed by atoms with Gasteiger partial charge in [-0.1, -0.05) is 13.3 Å². The third-order valence-electron chi connectivity index (χ3n) is 4.31. The van der Waals surface area contributed by atoms with Gasteiger partial charge in [0.2, 0.25) is 0 Å². The Hall–Kier alpha value is -1.07. The number of piperidine rings is 1.